The van der Waals surface area contributed by atoms with E-state index >= 15 is 0 Å². The van der Waals surface area contributed by atoms with Crippen LogP contribution in [0.1, 0.15) is 12.5 Å². The number of hydrogen-bond acceptors (Lipinski definition) is 7. The molecule has 1 fully saturated rings. The molecule has 3 aromatic rings. The molecule has 1 saturated heterocycles. The SMILES string of the molecule is CC(Sc1nc2ccccc2s1)C(=O)N1CCN(Cc2ccccc2)CC1.O=C(O)C(=O)O. The van der Waals surface area contributed by atoms with Gasteiger partial charge < -0.3 is 15.1 Å². The third kappa shape index (κ3) is 7.28. The summed E-state index contributed by atoms with van der Waals surface area (Å²) >= 11 is 3.24. The van der Waals surface area contributed by atoms with E-state index in [1.807, 2.05) is 36.1 Å². The van der Waals surface area contributed by atoms with E-state index in [9.17, 15) is 4.79 Å². The minimum Gasteiger partial charge on any atom is -0.473 e. The van der Waals surface area contributed by atoms with Gasteiger partial charge in [-0.15, -0.1) is 11.3 Å². The Labute approximate surface area is 199 Å². The van der Waals surface area contributed by atoms with E-state index in [0.29, 0.717) is 0 Å². The van der Waals surface area contributed by atoms with Crippen molar-refractivity contribution in [3.05, 3.63) is 60.2 Å². The Morgan fingerprint density at radius 3 is 2.18 bits per heavy atom. The number of carboxylic acid groups (broad SMARTS) is 2. The highest BCUT2D eigenvalue weighted by Gasteiger charge is 2.26. The van der Waals surface area contributed by atoms with Crippen molar-refractivity contribution in [3.63, 3.8) is 0 Å². The van der Waals surface area contributed by atoms with Crippen LogP contribution in [0.2, 0.25) is 0 Å². The summed E-state index contributed by atoms with van der Waals surface area (Å²) in [5, 5.41) is 14.7. The quantitative estimate of drug-likeness (QED) is 0.417. The molecule has 2 N–H and O–H groups in total. The number of rotatable bonds is 5. The Balaban J connectivity index is 0.000000454. The molecule has 0 radical (unpaired) electrons. The Morgan fingerprint density at radius 2 is 1.58 bits per heavy atom. The molecule has 2 aromatic carbocycles. The molecule has 1 aliphatic rings. The Bertz CT molecular complexity index is 1050. The average Bonchev–Trinajstić information content (AvgIpc) is 3.22. The van der Waals surface area contributed by atoms with Crippen LogP contribution in [0.3, 0.4) is 0 Å². The van der Waals surface area contributed by atoms with Crippen molar-refractivity contribution < 1.29 is 24.6 Å². The number of para-hydroxylation sites is 1. The molecular weight excluding hydrogens is 462 g/mol. The number of carboxylic acids is 2. The summed E-state index contributed by atoms with van der Waals surface area (Å²) in [5.74, 6) is -3.43. The van der Waals surface area contributed by atoms with Gasteiger partial charge in [0.2, 0.25) is 5.91 Å². The molecule has 1 aromatic heterocycles. The van der Waals surface area contributed by atoms with Gasteiger partial charge in [0.1, 0.15) is 0 Å². The maximum absolute atomic E-state index is 12.8. The van der Waals surface area contributed by atoms with Gasteiger partial charge in [-0.3, -0.25) is 9.69 Å². The molecule has 0 saturated carbocycles. The number of fused-ring (bicyclic) bond motifs is 1. The number of aliphatic carboxylic acids is 2. The number of carbonyl (C=O) groups is 3. The summed E-state index contributed by atoms with van der Waals surface area (Å²) < 4.78 is 2.15. The Hall–Kier alpha value is -2.95. The molecule has 0 spiro atoms. The fourth-order valence-electron chi connectivity index (χ4n) is 3.33. The lowest BCUT2D eigenvalue weighted by Gasteiger charge is -2.35. The van der Waals surface area contributed by atoms with Crippen LogP contribution in [0.15, 0.2) is 58.9 Å². The van der Waals surface area contributed by atoms with E-state index in [1.165, 1.54) is 10.3 Å². The lowest BCUT2D eigenvalue weighted by Crippen LogP contribution is -2.50. The minimum absolute atomic E-state index is 0.105. The number of benzene rings is 2. The van der Waals surface area contributed by atoms with Crippen LogP contribution in [-0.2, 0) is 20.9 Å². The van der Waals surface area contributed by atoms with Crippen LogP contribution in [0.4, 0.5) is 0 Å². The first-order valence-electron chi connectivity index (χ1n) is 10.4. The van der Waals surface area contributed by atoms with Crippen LogP contribution in [-0.4, -0.2) is 74.3 Å². The highest BCUT2D eigenvalue weighted by Crippen LogP contribution is 2.32. The molecule has 1 amide bonds. The second-order valence-electron chi connectivity index (χ2n) is 7.40. The van der Waals surface area contributed by atoms with E-state index in [-0.39, 0.29) is 11.2 Å². The first-order valence-corrected chi connectivity index (χ1v) is 12.1. The molecule has 1 unspecified atom stereocenters. The standard InChI is InChI=1S/C21H23N3OS2.C2H2O4/c1-16(26-21-22-18-9-5-6-10-19(18)27-21)20(25)24-13-11-23(12-14-24)15-17-7-3-2-4-8-17;3-1(4)2(5)6/h2-10,16H,11-15H2,1H3;(H,3,4)(H,5,6). The number of amides is 1. The maximum Gasteiger partial charge on any atom is 0.414 e. The van der Waals surface area contributed by atoms with E-state index in [1.54, 1.807) is 23.1 Å². The van der Waals surface area contributed by atoms with Gasteiger partial charge in [-0.25, -0.2) is 14.6 Å². The van der Waals surface area contributed by atoms with Gasteiger partial charge in [0, 0.05) is 32.7 Å². The van der Waals surface area contributed by atoms with Gasteiger partial charge in [0.15, 0.2) is 4.34 Å². The molecule has 33 heavy (non-hydrogen) atoms. The lowest BCUT2D eigenvalue weighted by atomic mass is 10.2. The van der Waals surface area contributed by atoms with Crippen LogP contribution >= 0.6 is 23.1 Å². The van der Waals surface area contributed by atoms with Crippen molar-refractivity contribution in [2.45, 2.75) is 23.1 Å². The number of piperazine rings is 1. The molecule has 0 aliphatic carbocycles. The van der Waals surface area contributed by atoms with Gasteiger partial charge in [-0.2, -0.15) is 0 Å². The zero-order valence-electron chi connectivity index (χ0n) is 18.1. The molecular formula is C23H25N3O5S2. The van der Waals surface area contributed by atoms with Crippen molar-refractivity contribution >= 4 is 51.2 Å². The third-order valence-corrected chi connectivity index (χ3v) is 7.23. The van der Waals surface area contributed by atoms with Crippen LogP contribution in [0.25, 0.3) is 10.2 Å². The van der Waals surface area contributed by atoms with Gasteiger partial charge >= 0.3 is 11.9 Å². The van der Waals surface area contributed by atoms with E-state index in [4.69, 9.17) is 19.8 Å². The second kappa shape index (κ2) is 11.8. The molecule has 1 atom stereocenters. The van der Waals surface area contributed by atoms with E-state index in [2.05, 4.69) is 40.2 Å². The van der Waals surface area contributed by atoms with Crippen molar-refractivity contribution in [2.75, 3.05) is 26.2 Å². The number of thioether (sulfide) groups is 1. The summed E-state index contributed by atoms with van der Waals surface area (Å²) in [5.41, 5.74) is 2.34. The molecule has 0 bridgehead atoms. The van der Waals surface area contributed by atoms with Crippen LogP contribution in [0.5, 0.6) is 0 Å². The summed E-state index contributed by atoms with van der Waals surface area (Å²) in [7, 11) is 0. The predicted octanol–water partition coefficient (Wildman–Crippen LogP) is 3.28. The van der Waals surface area contributed by atoms with Gasteiger partial charge in [-0.1, -0.05) is 54.2 Å². The fourth-order valence-corrected chi connectivity index (χ4v) is 5.62. The third-order valence-electron chi connectivity index (χ3n) is 5.02. The zero-order chi connectivity index (χ0) is 23.8. The second-order valence-corrected chi connectivity index (χ2v) is 10.0. The molecule has 2 heterocycles. The number of aromatic nitrogens is 1. The summed E-state index contributed by atoms with van der Waals surface area (Å²) in [4.78, 5) is 40.1. The maximum atomic E-state index is 12.8. The van der Waals surface area contributed by atoms with E-state index in [0.717, 1.165) is 42.6 Å². The van der Waals surface area contributed by atoms with Crippen molar-refractivity contribution in [1.82, 2.24) is 14.8 Å². The topological polar surface area (TPSA) is 111 Å². The lowest BCUT2D eigenvalue weighted by molar-refractivity contribution is -0.159. The fraction of sp³-hybridized carbons (Fsp3) is 0.304. The summed E-state index contributed by atoms with van der Waals surface area (Å²) in [6.45, 7) is 6.42. The number of carbonyl (C=O) groups excluding carboxylic acids is 1. The molecule has 174 valence electrons. The first-order chi connectivity index (χ1) is 15.8. The number of hydrogen-bond donors (Lipinski definition) is 2. The molecule has 4 rings (SSSR count). The average molecular weight is 488 g/mol. The Kier molecular flexibility index (Phi) is 8.81. The predicted molar refractivity (Wildman–Crippen MR) is 129 cm³/mol. The molecule has 10 heteroatoms. The van der Waals surface area contributed by atoms with Gasteiger partial charge in [0.25, 0.3) is 0 Å². The number of nitrogens with zero attached hydrogens (tertiary/aromatic N) is 3. The van der Waals surface area contributed by atoms with Crippen molar-refractivity contribution in [2.24, 2.45) is 0 Å². The number of thiazole rings is 1. The van der Waals surface area contributed by atoms with Crippen molar-refractivity contribution in [3.8, 4) is 0 Å². The normalized spacial score (nSPS) is 14.9. The van der Waals surface area contributed by atoms with Crippen LogP contribution in [0, 0.1) is 0 Å². The van der Waals surface area contributed by atoms with Gasteiger partial charge in [-0.05, 0) is 24.6 Å². The van der Waals surface area contributed by atoms with Crippen molar-refractivity contribution in [1.29, 1.82) is 0 Å². The highest BCUT2D eigenvalue weighted by atomic mass is 32.2. The summed E-state index contributed by atoms with van der Waals surface area (Å²) in [6, 6.07) is 18.7. The smallest absolute Gasteiger partial charge is 0.414 e. The zero-order valence-corrected chi connectivity index (χ0v) is 19.7. The Morgan fingerprint density at radius 1 is 0.970 bits per heavy atom. The molecule has 1 aliphatic heterocycles. The van der Waals surface area contributed by atoms with Gasteiger partial charge in [0.05, 0.1) is 15.5 Å². The molecule has 8 nitrogen and oxygen atoms in total. The highest BCUT2D eigenvalue weighted by molar-refractivity contribution is 8.02. The van der Waals surface area contributed by atoms with Crippen LogP contribution < -0.4 is 0 Å². The summed E-state index contributed by atoms with van der Waals surface area (Å²) in [6.07, 6.45) is 0. The first kappa shape index (κ1) is 24.7. The monoisotopic (exact) mass is 487 g/mol. The largest absolute Gasteiger partial charge is 0.473 e. The minimum atomic E-state index is -1.82. The van der Waals surface area contributed by atoms with E-state index < -0.39 is 11.9 Å².